The summed E-state index contributed by atoms with van der Waals surface area (Å²) in [6.45, 7) is 5.22. The van der Waals surface area contributed by atoms with Gasteiger partial charge in [-0.05, 0) is 68.6 Å². The molecule has 1 amide bonds. The predicted molar refractivity (Wildman–Crippen MR) is 130 cm³/mol. The Morgan fingerprint density at radius 1 is 1.12 bits per heavy atom. The maximum absolute atomic E-state index is 12.9. The summed E-state index contributed by atoms with van der Waals surface area (Å²) in [5.74, 6) is 0.477. The van der Waals surface area contributed by atoms with Crippen LogP contribution in [0.5, 0.6) is 5.75 Å². The lowest BCUT2D eigenvalue weighted by Crippen LogP contribution is -2.40. The Morgan fingerprint density at radius 3 is 2.58 bits per heavy atom. The number of nitrogens with one attached hydrogen (secondary N) is 3. The second-order valence-electron chi connectivity index (χ2n) is 8.47. The Hall–Kier alpha value is -3.21. The van der Waals surface area contributed by atoms with Gasteiger partial charge < -0.3 is 15.0 Å². The van der Waals surface area contributed by atoms with Gasteiger partial charge in [0, 0.05) is 16.8 Å². The molecule has 3 N–H and O–H groups in total. The van der Waals surface area contributed by atoms with Gasteiger partial charge in [0.05, 0.1) is 23.0 Å². The third kappa shape index (κ3) is 5.08. The number of aromatic nitrogens is 2. The highest BCUT2D eigenvalue weighted by molar-refractivity contribution is 7.89. The SMILES string of the molecule is COc1ccc(C(=O)Nc2ccc3nc(-c4cccs4)[nH]c3c2)cc1S(=O)(=O)NC(C)(C)C. The lowest BCUT2D eigenvalue weighted by Gasteiger charge is -2.21. The molecule has 4 aromatic rings. The molecule has 2 heterocycles. The fourth-order valence-electron chi connectivity index (χ4n) is 3.31. The lowest BCUT2D eigenvalue weighted by molar-refractivity contribution is 0.102. The number of benzene rings is 2. The van der Waals surface area contributed by atoms with E-state index in [1.54, 1.807) is 44.2 Å². The summed E-state index contributed by atoms with van der Waals surface area (Å²) >= 11 is 1.58. The number of nitrogens with zero attached hydrogens (tertiary/aromatic N) is 1. The zero-order chi connectivity index (χ0) is 23.8. The van der Waals surface area contributed by atoms with Gasteiger partial charge in [-0.25, -0.2) is 18.1 Å². The molecule has 0 fully saturated rings. The van der Waals surface area contributed by atoms with Crippen molar-refractivity contribution in [2.45, 2.75) is 31.2 Å². The number of thiophene rings is 1. The van der Waals surface area contributed by atoms with E-state index in [4.69, 9.17) is 4.74 Å². The monoisotopic (exact) mass is 484 g/mol. The third-order valence-electron chi connectivity index (χ3n) is 4.65. The summed E-state index contributed by atoms with van der Waals surface area (Å²) in [7, 11) is -2.52. The van der Waals surface area contributed by atoms with E-state index in [0.717, 1.165) is 21.7 Å². The Kier molecular flexibility index (Phi) is 6.00. The zero-order valence-corrected chi connectivity index (χ0v) is 20.2. The summed E-state index contributed by atoms with van der Waals surface area (Å²) in [6, 6.07) is 13.6. The molecule has 0 aliphatic heterocycles. The van der Waals surface area contributed by atoms with Gasteiger partial charge in [-0.15, -0.1) is 11.3 Å². The van der Waals surface area contributed by atoms with Crippen LogP contribution in [0.25, 0.3) is 21.7 Å². The lowest BCUT2D eigenvalue weighted by atomic mass is 10.1. The molecule has 0 bridgehead atoms. The molecule has 0 aliphatic carbocycles. The summed E-state index contributed by atoms with van der Waals surface area (Å²) in [5.41, 5.74) is 1.62. The topological polar surface area (TPSA) is 113 Å². The van der Waals surface area contributed by atoms with Crippen LogP contribution in [-0.4, -0.2) is 36.9 Å². The molecule has 0 aliphatic rings. The predicted octanol–water partition coefficient (Wildman–Crippen LogP) is 4.63. The van der Waals surface area contributed by atoms with Crippen LogP contribution in [0.15, 0.2) is 58.8 Å². The van der Waals surface area contributed by atoms with Crippen LogP contribution in [0.4, 0.5) is 5.69 Å². The molecule has 0 saturated heterocycles. The van der Waals surface area contributed by atoms with Gasteiger partial charge in [0.25, 0.3) is 5.91 Å². The minimum Gasteiger partial charge on any atom is -0.495 e. The quantitative estimate of drug-likeness (QED) is 0.369. The van der Waals surface area contributed by atoms with E-state index in [0.29, 0.717) is 5.69 Å². The van der Waals surface area contributed by atoms with E-state index in [2.05, 4.69) is 20.0 Å². The van der Waals surface area contributed by atoms with E-state index >= 15 is 0 Å². The average Bonchev–Trinajstić information content (AvgIpc) is 3.41. The van der Waals surface area contributed by atoms with Crippen LogP contribution in [0.1, 0.15) is 31.1 Å². The Morgan fingerprint density at radius 2 is 1.91 bits per heavy atom. The molecule has 2 aromatic carbocycles. The van der Waals surface area contributed by atoms with Crippen molar-refractivity contribution < 1.29 is 17.9 Å². The van der Waals surface area contributed by atoms with Gasteiger partial charge in [0.1, 0.15) is 16.5 Å². The molecule has 33 heavy (non-hydrogen) atoms. The smallest absolute Gasteiger partial charge is 0.255 e. The van der Waals surface area contributed by atoms with E-state index in [1.165, 1.54) is 25.3 Å². The second-order valence-corrected chi connectivity index (χ2v) is 11.1. The molecule has 0 radical (unpaired) electrons. The molecule has 8 nitrogen and oxygen atoms in total. The number of amides is 1. The fraction of sp³-hybridized carbons (Fsp3) is 0.217. The highest BCUT2D eigenvalue weighted by Gasteiger charge is 2.26. The summed E-state index contributed by atoms with van der Waals surface area (Å²) < 4.78 is 33.6. The number of sulfonamides is 1. The number of methoxy groups -OCH3 is 1. The first kappa shape index (κ1) is 23.0. The van der Waals surface area contributed by atoms with Crippen molar-refractivity contribution in [2.24, 2.45) is 0 Å². The van der Waals surface area contributed by atoms with Crippen LogP contribution >= 0.6 is 11.3 Å². The molecular formula is C23H24N4O4S2. The van der Waals surface area contributed by atoms with Gasteiger partial charge >= 0.3 is 0 Å². The number of imidazole rings is 1. The maximum atomic E-state index is 12.9. The summed E-state index contributed by atoms with van der Waals surface area (Å²) in [6.07, 6.45) is 0. The largest absolute Gasteiger partial charge is 0.495 e. The molecule has 4 rings (SSSR count). The number of carbonyl (C=O) groups excluding carboxylic acids is 1. The number of ether oxygens (including phenoxy) is 1. The minimum absolute atomic E-state index is 0.0998. The standard InChI is InChI=1S/C23H24N4O4S2/c1-23(2,3)27-33(29,30)20-12-14(7-10-18(20)31-4)22(28)24-15-8-9-16-17(13-15)26-21(25-16)19-6-5-11-32-19/h5-13,27H,1-4H3,(H,24,28)(H,25,26). The molecule has 0 unspecified atom stereocenters. The molecule has 172 valence electrons. The molecular weight excluding hydrogens is 460 g/mol. The van der Waals surface area contributed by atoms with E-state index < -0.39 is 21.5 Å². The zero-order valence-electron chi connectivity index (χ0n) is 18.6. The number of carbonyl (C=O) groups is 1. The number of H-pyrrole nitrogens is 1. The Balaban J connectivity index is 1.61. The molecule has 2 aromatic heterocycles. The number of hydrogen-bond donors (Lipinski definition) is 3. The second kappa shape index (κ2) is 8.62. The first-order chi connectivity index (χ1) is 15.6. The van der Waals surface area contributed by atoms with Crippen molar-refractivity contribution in [2.75, 3.05) is 12.4 Å². The number of fused-ring (bicyclic) bond motifs is 1. The maximum Gasteiger partial charge on any atom is 0.255 e. The van der Waals surface area contributed by atoms with Crippen molar-refractivity contribution in [3.63, 3.8) is 0 Å². The van der Waals surface area contributed by atoms with Crippen LogP contribution in [0.3, 0.4) is 0 Å². The highest BCUT2D eigenvalue weighted by Crippen LogP contribution is 2.28. The highest BCUT2D eigenvalue weighted by atomic mass is 32.2. The van der Waals surface area contributed by atoms with Crippen LogP contribution < -0.4 is 14.8 Å². The number of anilines is 1. The van der Waals surface area contributed by atoms with Gasteiger partial charge in [-0.3, -0.25) is 4.79 Å². The van der Waals surface area contributed by atoms with Crippen molar-refractivity contribution in [1.29, 1.82) is 0 Å². The summed E-state index contributed by atoms with van der Waals surface area (Å²) in [5, 5.41) is 4.80. The minimum atomic E-state index is -3.90. The van der Waals surface area contributed by atoms with Gasteiger partial charge in [0.2, 0.25) is 10.0 Å². The first-order valence-corrected chi connectivity index (χ1v) is 12.5. The van der Waals surface area contributed by atoms with Crippen molar-refractivity contribution in [1.82, 2.24) is 14.7 Å². The molecule has 0 atom stereocenters. The number of rotatable bonds is 6. The van der Waals surface area contributed by atoms with Gasteiger partial charge in [-0.2, -0.15) is 0 Å². The third-order valence-corrected chi connectivity index (χ3v) is 7.31. The van der Waals surface area contributed by atoms with E-state index in [1.807, 2.05) is 23.6 Å². The van der Waals surface area contributed by atoms with Crippen LogP contribution in [0, 0.1) is 0 Å². The van der Waals surface area contributed by atoms with Crippen molar-refractivity contribution in [3.05, 3.63) is 59.5 Å². The molecule has 0 spiro atoms. The van der Waals surface area contributed by atoms with Gasteiger partial charge in [0.15, 0.2) is 0 Å². The Labute approximate surface area is 196 Å². The fourth-order valence-corrected chi connectivity index (χ4v) is 5.59. The Bertz CT molecular complexity index is 1420. The van der Waals surface area contributed by atoms with Crippen LogP contribution in [0.2, 0.25) is 0 Å². The molecule has 10 heteroatoms. The van der Waals surface area contributed by atoms with Crippen LogP contribution in [-0.2, 0) is 10.0 Å². The number of aromatic amines is 1. The van der Waals surface area contributed by atoms with E-state index in [9.17, 15) is 13.2 Å². The normalized spacial score (nSPS) is 12.1. The van der Waals surface area contributed by atoms with Crippen molar-refractivity contribution in [3.8, 4) is 16.5 Å². The number of hydrogen-bond acceptors (Lipinski definition) is 6. The average molecular weight is 485 g/mol. The van der Waals surface area contributed by atoms with Crippen molar-refractivity contribution >= 4 is 44.0 Å². The summed E-state index contributed by atoms with van der Waals surface area (Å²) in [4.78, 5) is 21.7. The van der Waals surface area contributed by atoms with E-state index in [-0.39, 0.29) is 16.2 Å². The first-order valence-electron chi connectivity index (χ1n) is 10.1. The van der Waals surface area contributed by atoms with Gasteiger partial charge in [-0.1, -0.05) is 6.07 Å². The molecule has 0 saturated carbocycles.